The minimum absolute atomic E-state index is 0.559. The highest BCUT2D eigenvalue weighted by molar-refractivity contribution is 4.92. The van der Waals surface area contributed by atoms with Crippen molar-refractivity contribution in [3.05, 3.63) is 0 Å². The Labute approximate surface area is 75.6 Å². The zero-order valence-electron chi connectivity index (χ0n) is 7.57. The molecule has 2 heterocycles. The van der Waals surface area contributed by atoms with Crippen LogP contribution in [0.5, 0.6) is 0 Å². The Balaban J connectivity index is 2.07. The van der Waals surface area contributed by atoms with E-state index in [-0.39, 0.29) is 0 Å². The van der Waals surface area contributed by atoms with Gasteiger partial charge < -0.3 is 19.3 Å². The summed E-state index contributed by atoms with van der Waals surface area (Å²) in [5.41, 5.74) is 0. The van der Waals surface area contributed by atoms with E-state index in [1.165, 1.54) is 0 Å². The topological polar surface area (TPSA) is 47.9 Å². The van der Waals surface area contributed by atoms with E-state index < -0.39 is 37.1 Å². The predicted molar refractivity (Wildman–Crippen MR) is 40.7 cm³/mol. The molecule has 0 aromatic heterocycles. The van der Waals surface area contributed by atoms with E-state index in [0.29, 0.717) is 0 Å². The highest BCUT2D eigenvalue weighted by atomic mass is 19.1. The molecule has 5 heteroatoms. The summed E-state index contributed by atoms with van der Waals surface area (Å²) in [5.74, 6) is -0.752. The number of alkyl halides is 1. The van der Waals surface area contributed by atoms with Crippen LogP contribution in [0.3, 0.4) is 0 Å². The van der Waals surface area contributed by atoms with Gasteiger partial charge in [0.1, 0.15) is 25.0 Å². The van der Waals surface area contributed by atoms with Crippen LogP contribution in [0.25, 0.3) is 0 Å². The van der Waals surface area contributed by atoms with E-state index in [9.17, 15) is 9.50 Å². The second kappa shape index (κ2) is 2.88. The van der Waals surface area contributed by atoms with E-state index in [0.717, 1.165) is 0 Å². The second-order valence-electron chi connectivity index (χ2n) is 3.79. The van der Waals surface area contributed by atoms with Crippen LogP contribution in [0, 0.1) is 0 Å². The summed E-state index contributed by atoms with van der Waals surface area (Å²) in [6, 6.07) is 0. The lowest BCUT2D eigenvalue weighted by Gasteiger charge is -2.21. The average molecular weight is 192 g/mol. The molecule has 0 unspecified atom stereocenters. The SMILES string of the molecule is CC1(C)O[C@H]2O[C@H](CF)[C@H](O)[C@H]2O1. The molecule has 0 saturated carbocycles. The van der Waals surface area contributed by atoms with E-state index in [4.69, 9.17) is 14.2 Å². The van der Waals surface area contributed by atoms with E-state index in [1.807, 2.05) is 0 Å². The fourth-order valence-electron chi connectivity index (χ4n) is 1.69. The predicted octanol–water partition coefficient (Wildman–Crippen LogP) is 0.193. The number of fused-ring (bicyclic) bond motifs is 1. The van der Waals surface area contributed by atoms with Gasteiger partial charge in [-0.2, -0.15) is 0 Å². The average Bonchev–Trinajstić information content (AvgIpc) is 2.47. The van der Waals surface area contributed by atoms with Gasteiger partial charge in [-0.15, -0.1) is 0 Å². The van der Waals surface area contributed by atoms with Gasteiger partial charge in [-0.3, -0.25) is 0 Å². The van der Waals surface area contributed by atoms with Gasteiger partial charge in [-0.1, -0.05) is 0 Å². The molecule has 4 nitrogen and oxygen atoms in total. The first-order chi connectivity index (χ1) is 6.03. The molecule has 0 spiro atoms. The minimum Gasteiger partial charge on any atom is -0.387 e. The molecule has 2 fully saturated rings. The van der Waals surface area contributed by atoms with Crippen molar-refractivity contribution in [2.45, 2.75) is 44.2 Å². The van der Waals surface area contributed by atoms with Crippen LogP contribution < -0.4 is 0 Å². The molecule has 13 heavy (non-hydrogen) atoms. The largest absolute Gasteiger partial charge is 0.387 e. The maximum atomic E-state index is 12.3. The third-order valence-corrected chi connectivity index (χ3v) is 2.27. The zero-order chi connectivity index (χ0) is 9.64. The van der Waals surface area contributed by atoms with Crippen LogP contribution in [0.4, 0.5) is 4.39 Å². The van der Waals surface area contributed by atoms with Gasteiger partial charge in [0.05, 0.1) is 0 Å². The minimum atomic E-state index is -0.934. The maximum Gasteiger partial charge on any atom is 0.190 e. The quantitative estimate of drug-likeness (QED) is 0.644. The normalized spacial score (nSPS) is 48.0. The Kier molecular flexibility index (Phi) is 2.07. The molecule has 0 radical (unpaired) electrons. The molecular formula is C8H13FO4. The Morgan fingerprint density at radius 1 is 1.38 bits per heavy atom. The number of hydrogen-bond acceptors (Lipinski definition) is 4. The number of rotatable bonds is 1. The molecule has 2 saturated heterocycles. The standard InChI is InChI=1S/C8H13FO4/c1-8(2)12-6-5(10)4(3-9)11-7(6)13-8/h4-7,10H,3H2,1-2H3/t4-,5+,6-,7-/m1/s1. The van der Waals surface area contributed by atoms with Crippen LogP contribution in [0.15, 0.2) is 0 Å². The van der Waals surface area contributed by atoms with Gasteiger partial charge in [0.2, 0.25) is 0 Å². The van der Waals surface area contributed by atoms with Gasteiger partial charge in [-0.25, -0.2) is 4.39 Å². The number of ether oxygens (including phenoxy) is 3. The summed E-state index contributed by atoms with van der Waals surface area (Å²) in [6.07, 6.45) is -2.94. The monoisotopic (exact) mass is 192 g/mol. The first kappa shape index (κ1) is 9.33. The Morgan fingerprint density at radius 2 is 2.08 bits per heavy atom. The van der Waals surface area contributed by atoms with Crippen molar-refractivity contribution in [2.24, 2.45) is 0 Å². The summed E-state index contributed by atoms with van der Waals surface area (Å²) in [5, 5.41) is 9.52. The molecule has 2 rings (SSSR count). The summed E-state index contributed by atoms with van der Waals surface area (Å²) < 4.78 is 28.0. The highest BCUT2D eigenvalue weighted by Gasteiger charge is 2.54. The van der Waals surface area contributed by atoms with Gasteiger partial charge in [-0.05, 0) is 13.8 Å². The molecule has 0 bridgehead atoms. The number of aliphatic hydroxyl groups is 1. The van der Waals surface area contributed by atoms with Crippen molar-refractivity contribution in [1.82, 2.24) is 0 Å². The molecule has 1 N–H and O–H groups in total. The summed E-state index contributed by atoms with van der Waals surface area (Å²) in [7, 11) is 0. The molecule has 2 aliphatic rings. The lowest BCUT2D eigenvalue weighted by molar-refractivity contribution is -0.216. The number of hydrogen-bond donors (Lipinski definition) is 1. The third kappa shape index (κ3) is 1.46. The van der Waals surface area contributed by atoms with Crippen molar-refractivity contribution in [3.63, 3.8) is 0 Å². The van der Waals surface area contributed by atoms with Crippen LogP contribution in [-0.2, 0) is 14.2 Å². The summed E-state index contributed by atoms with van der Waals surface area (Å²) in [4.78, 5) is 0. The fourth-order valence-corrected chi connectivity index (χ4v) is 1.69. The maximum absolute atomic E-state index is 12.3. The molecule has 0 aromatic rings. The molecule has 2 aliphatic heterocycles. The van der Waals surface area contributed by atoms with E-state index in [1.54, 1.807) is 13.8 Å². The first-order valence-electron chi connectivity index (χ1n) is 4.28. The van der Waals surface area contributed by atoms with Crippen molar-refractivity contribution >= 4 is 0 Å². The van der Waals surface area contributed by atoms with Crippen LogP contribution in [0.2, 0.25) is 0 Å². The van der Waals surface area contributed by atoms with Gasteiger partial charge in [0.25, 0.3) is 0 Å². The molecule has 4 atom stereocenters. The Morgan fingerprint density at radius 3 is 2.62 bits per heavy atom. The van der Waals surface area contributed by atoms with E-state index in [2.05, 4.69) is 0 Å². The van der Waals surface area contributed by atoms with Gasteiger partial charge >= 0.3 is 0 Å². The Hall–Kier alpha value is -0.230. The summed E-state index contributed by atoms with van der Waals surface area (Å²) >= 11 is 0. The van der Waals surface area contributed by atoms with E-state index >= 15 is 0 Å². The lowest BCUT2D eigenvalue weighted by Crippen LogP contribution is -2.35. The Bertz CT molecular complexity index is 208. The molecule has 0 aliphatic carbocycles. The van der Waals surface area contributed by atoms with Crippen molar-refractivity contribution in [3.8, 4) is 0 Å². The zero-order valence-corrected chi connectivity index (χ0v) is 7.57. The van der Waals surface area contributed by atoms with Gasteiger partial charge in [0, 0.05) is 0 Å². The number of aliphatic hydroxyl groups excluding tert-OH is 1. The number of halogens is 1. The van der Waals surface area contributed by atoms with Crippen molar-refractivity contribution < 1.29 is 23.7 Å². The highest BCUT2D eigenvalue weighted by Crippen LogP contribution is 2.37. The van der Waals surface area contributed by atoms with Crippen LogP contribution in [0.1, 0.15) is 13.8 Å². The molecule has 76 valence electrons. The fraction of sp³-hybridized carbons (Fsp3) is 1.00. The second-order valence-corrected chi connectivity index (χ2v) is 3.79. The summed E-state index contributed by atoms with van der Waals surface area (Å²) in [6.45, 7) is 2.74. The van der Waals surface area contributed by atoms with Crippen molar-refractivity contribution in [2.75, 3.05) is 6.67 Å². The van der Waals surface area contributed by atoms with Crippen LogP contribution in [-0.4, -0.2) is 42.2 Å². The molecular weight excluding hydrogens is 179 g/mol. The molecule has 0 amide bonds. The van der Waals surface area contributed by atoms with Crippen molar-refractivity contribution in [1.29, 1.82) is 0 Å². The first-order valence-corrected chi connectivity index (χ1v) is 4.28. The lowest BCUT2D eigenvalue weighted by atomic mass is 10.1. The third-order valence-electron chi connectivity index (χ3n) is 2.27. The molecule has 0 aromatic carbocycles. The smallest absolute Gasteiger partial charge is 0.190 e. The van der Waals surface area contributed by atoms with Gasteiger partial charge in [0.15, 0.2) is 12.1 Å². The van der Waals surface area contributed by atoms with Crippen LogP contribution >= 0.6 is 0 Å².